The zero-order chi connectivity index (χ0) is 19.2. The van der Waals surface area contributed by atoms with Gasteiger partial charge >= 0.3 is 0 Å². The average Bonchev–Trinajstić information content (AvgIpc) is 3.00. The predicted molar refractivity (Wildman–Crippen MR) is 107 cm³/mol. The summed E-state index contributed by atoms with van der Waals surface area (Å²) in [5.74, 6) is 2.68. The normalized spacial score (nSPS) is 20.5. The van der Waals surface area contributed by atoms with Crippen molar-refractivity contribution in [2.24, 2.45) is 10.9 Å². The number of benzene rings is 1. The Bertz CT molecular complexity index is 747. The lowest BCUT2D eigenvalue weighted by molar-refractivity contribution is -0.0265. The number of guanidine groups is 1. The van der Waals surface area contributed by atoms with E-state index in [1.807, 2.05) is 13.8 Å². The van der Waals surface area contributed by atoms with Gasteiger partial charge in [0.25, 0.3) is 0 Å². The van der Waals surface area contributed by atoms with Crippen molar-refractivity contribution < 1.29 is 9.15 Å². The molecule has 1 aromatic carbocycles. The van der Waals surface area contributed by atoms with Crippen molar-refractivity contribution in [1.82, 2.24) is 15.6 Å². The maximum atomic E-state index is 6.10. The van der Waals surface area contributed by atoms with Gasteiger partial charge in [-0.2, -0.15) is 0 Å². The van der Waals surface area contributed by atoms with E-state index < -0.39 is 0 Å². The summed E-state index contributed by atoms with van der Waals surface area (Å²) in [4.78, 5) is 8.70. The van der Waals surface area contributed by atoms with Crippen LogP contribution in [0.1, 0.15) is 47.4 Å². The first-order valence-electron chi connectivity index (χ1n) is 9.62. The van der Waals surface area contributed by atoms with Crippen LogP contribution in [0, 0.1) is 26.7 Å². The first kappa shape index (κ1) is 19.4. The molecule has 2 aromatic rings. The van der Waals surface area contributed by atoms with Crippen molar-refractivity contribution in [3.63, 3.8) is 0 Å². The van der Waals surface area contributed by atoms with Crippen molar-refractivity contribution in [2.45, 2.75) is 46.3 Å². The number of hydrogen-bond acceptors (Lipinski definition) is 4. The van der Waals surface area contributed by atoms with Gasteiger partial charge in [-0.05, 0) is 39.2 Å². The van der Waals surface area contributed by atoms with E-state index in [2.05, 4.69) is 51.8 Å². The first-order chi connectivity index (χ1) is 13.1. The largest absolute Gasteiger partial charge is 0.444 e. The predicted octanol–water partition coefficient (Wildman–Crippen LogP) is 3.43. The van der Waals surface area contributed by atoms with Crippen LogP contribution in [-0.2, 0) is 11.3 Å². The molecule has 6 nitrogen and oxygen atoms in total. The zero-order valence-corrected chi connectivity index (χ0v) is 16.7. The van der Waals surface area contributed by atoms with E-state index >= 15 is 0 Å². The van der Waals surface area contributed by atoms with Gasteiger partial charge < -0.3 is 19.8 Å². The van der Waals surface area contributed by atoms with Crippen molar-refractivity contribution in [1.29, 1.82) is 0 Å². The number of hydrogen-bond donors (Lipinski definition) is 2. The summed E-state index contributed by atoms with van der Waals surface area (Å²) in [7, 11) is 1.77. The Hall–Kier alpha value is -2.34. The highest BCUT2D eigenvalue weighted by molar-refractivity contribution is 5.79. The van der Waals surface area contributed by atoms with Gasteiger partial charge in [0, 0.05) is 26.1 Å². The van der Waals surface area contributed by atoms with E-state index in [1.54, 1.807) is 7.05 Å². The van der Waals surface area contributed by atoms with Crippen LogP contribution in [0.15, 0.2) is 33.7 Å². The molecule has 0 amide bonds. The van der Waals surface area contributed by atoms with Crippen LogP contribution < -0.4 is 10.6 Å². The molecule has 2 atom stereocenters. The van der Waals surface area contributed by atoms with Crippen LogP contribution in [0.2, 0.25) is 0 Å². The number of nitrogens with zero attached hydrogens (tertiary/aromatic N) is 2. The number of oxazole rings is 1. The molecule has 27 heavy (non-hydrogen) atoms. The van der Waals surface area contributed by atoms with Gasteiger partial charge in [-0.15, -0.1) is 0 Å². The summed E-state index contributed by atoms with van der Waals surface area (Å²) in [6.07, 6.45) is 2.36. The van der Waals surface area contributed by atoms with Gasteiger partial charge in [-0.25, -0.2) is 4.98 Å². The van der Waals surface area contributed by atoms with E-state index in [0.717, 1.165) is 43.4 Å². The summed E-state index contributed by atoms with van der Waals surface area (Å²) in [6.45, 7) is 8.12. The van der Waals surface area contributed by atoms with Crippen LogP contribution >= 0.6 is 0 Å². The van der Waals surface area contributed by atoms with Crippen molar-refractivity contribution in [2.75, 3.05) is 20.2 Å². The highest BCUT2D eigenvalue weighted by atomic mass is 16.5. The second-order valence-electron chi connectivity index (χ2n) is 7.16. The molecule has 0 radical (unpaired) electrons. The van der Waals surface area contributed by atoms with E-state index in [9.17, 15) is 0 Å². The van der Waals surface area contributed by atoms with Gasteiger partial charge in [0.05, 0.1) is 18.3 Å². The van der Waals surface area contributed by atoms with E-state index in [0.29, 0.717) is 18.4 Å². The smallest absolute Gasteiger partial charge is 0.214 e. The minimum Gasteiger partial charge on any atom is -0.444 e. The summed E-state index contributed by atoms with van der Waals surface area (Å²) in [5.41, 5.74) is 3.45. The molecule has 1 aromatic heterocycles. The lowest BCUT2D eigenvalue weighted by Crippen LogP contribution is -2.41. The topological polar surface area (TPSA) is 71.7 Å². The number of aliphatic imine (C=N–C) groups is 1. The third kappa shape index (κ3) is 5.10. The SMILES string of the molecule is CN=C(NCc1nc(C)c(C)o1)NCC1CCCOC1c1ccc(C)cc1. The molecule has 1 aliphatic rings. The molecular weight excluding hydrogens is 340 g/mol. The number of rotatable bonds is 5. The third-order valence-corrected chi connectivity index (χ3v) is 5.09. The fourth-order valence-electron chi connectivity index (χ4n) is 3.40. The Morgan fingerprint density at radius 1 is 1.19 bits per heavy atom. The monoisotopic (exact) mass is 370 g/mol. The molecule has 6 heteroatoms. The van der Waals surface area contributed by atoms with Crippen LogP contribution in [0.25, 0.3) is 0 Å². The van der Waals surface area contributed by atoms with Gasteiger partial charge in [0.15, 0.2) is 5.96 Å². The van der Waals surface area contributed by atoms with Gasteiger partial charge in [0.2, 0.25) is 5.89 Å². The van der Waals surface area contributed by atoms with Crippen LogP contribution in [0.4, 0.5) is 0 Å². The van der Waals surface area contributed by atoms with Crippen molar-refractivity contribution >= 4 is 5.96 Å². The molecule has 2 N–H and O–H groups in total. The fraction of sp³-hybridized carbons (Fsp3) is 0.524. The van der Waals surface area contributed by atoms with Crippen LogP contribution in [0.3, 0.4) is 0 Å². The minimum atomic E-state index is 0.127. The maximum Gasteiger partial charge on any atom is 0.214 e. The van der Waals surface area contributed by atoms with Crippen LogP contribution in [0.5, 0.6) is 0 Å². The molecule has 2 heterocycles. The molecule has 1 aliphatic heterocycles. The highest BCUT2D eigenvalue weighted by Crippen LogP contribution is 2.33. The highest BCUT2D eigenvalue weighted by Gasteiger charge is 2.27. The number of aromatic nitrogens is 1. The Morgan fingerprint density at radius 2 is 1.96 bits per heavy atom. The quantitative estimate of drug-likeness (QED) is 0.623. The number of nitrogens with one attached hydrogen (secondary N) is 2. The first-order valence-corrected chi connectivity index (χ1v) is 9.62. The van der Waals surface area contributed by atoms with Gasteiger partial charge in [-0.3, -0.25) is 4.99 Å². The molecule has 1 saturated heterocycles. The van der Waals surface area contributed by atoms with Gasteiger partial charge in [0.1, 0.15) is 5.76 Å². The fourth-order valence-corrected chi connectivity index (χ4v) is 3.40. The second-order valence-corrected chi connectivity index (χ2v) is 7.16. The third-order valence-electron chi connectivity index (χ3n) is 5.09. The molecule has 1 fully saturated rings. The Kier molecular flexibility index (Phi) is 6.50. The zero-order valence-electron chi connectivity index (χ0n) is 16.7. The summed E-state index contributed by atoms with van der Waals surface area (Å²) >= 11 is 0. The van der Waals surface area contributed by atoms with Crippen LogP contribution in [-0.4, -0.2) is 31.1 Å². The van der Waals surface area contributed by atoms with E-state index in [4.69, 9.17) is 9.15 Å². The Morgan fingerprint density at radius 3 is 2.63 bits per heavy atom. The molecule has 0 aliphatic carbocycles. The summed E-state index contributed by atoms with van der Waals surface area (Å²) in [6, 6.07) is 8.66. The number of aryl methyl sites for hydroxylation is 3. The minimum absolute atomic E-state index is 0.127. The summed E-state index contributed by atoms with van der Waals surface area (Å²) < 4.78 is 11.7. The molecule has 0 saturated carbocycles. The Balaban J connectivity index is 1.56. The van der Waals surface area contributed by atoms with Crippen molar-refractivity contribution in [3.8, 4) is 0 Å². The van der Waals surface area contributed by atoms with Gasteiger partial charge in [-0.1, -0.05) is 29.8 Å². The molecule has 0 spiro atoms. The molecule has 146 valence electrons. The van der Waals surface area contributed by atoms with E-state index in [1.165, 1.54) is 11.1 Å². The van der Waals surface area contributed by atoms with E-state index in [-0.39, 0.29) is 6.10 Å². The molecule has 0 bridgehead atoms. The number of ether oxygens (including phenoxy) is 1. The average molecular weight is 370 g/mol. The molecule has 3 rings (SSSR count). The molecule has 2 unspecified atom stereocenters. The van der Waals surface area contributed by atoms with Crippen molar-refractivity contribution in [3.05, 3.63) is 52.7 Å². The molecular formula is C21H30N4O2. The summed E-state index contributed by atoms with van der Waals surface area (Å²) in [5, 5.41) is 6.70. The lowest BCUT2D eigenvalue weighted by atomic mass is 9.89. The standard InChI is InChI=1S/C21H30N4O2/c1-14-7-9-17(10-8-14)20-18(6-5-11-26-20)12-23-21(22-4)24-13-19-25-15(2)16(3)27-19/h7-10,18,20H,5-6,11-13H2,1-4H3,(H2,22,23,24). The Labute approximate surface area is 161 Å². The lowest BCUT2D eigenvalue weighted by Gasteiger charge is -2.32. The maximum absolute atomic E-state index is 6.10. The second kappa shape index (κ2) is 9.04.